The van der Waals surface area contributed by atoms with Crippen molar-refractivity contribution in [1.29, 1.82) is 0 Å². The van der Waals surface area contributed by atoms with Crippen molar-refractivity contribution >= 4 is 58.8 Å². The summed E-state index contributed by atoms with van der Waals surface area (Å²) in [5, 5.41) is 7.65. The zero-order chi connectivity index (χ0) is 37.6. The number of carbonyl (C=O) groups is 6. The minimum atomic E-state index is -4.81. The summed E-state index contributed by atoms with van der Waals surface area (Å²) in [7, 11) is 0.974. The third-order valence-electron chi connectivity index (χ3n) is 7.79. The number of alkyl halides is 3. The highest BCUT2D eigenvalue weighted by Crippen LogP contribution is 2.49. The second-order valence-corrected chi connectivity index (χ2v) is 12.9. The molecule has 3 amide bonds. The van der Waals surface area contributed by atoms with Gasteiger partial charge in [-0.05, 0) is 25.0 Å². The number of methoxy groups -OCH3 is 1. The molecular weight excluding hydrogens is 740 g/mol. The number of benzene rings is 1. The topological polar surface area (TPSA) is 190 Å². The van der Waals surface area contributed by atoms with E-state index in [1.54, 1.807) is 0 Å². The predicted octanol–water partition coefficient (Wildman–Crippen LogP) is 2.93. The number of imide groups is 1. The fourth-order valence-electron chi connectivity index (χ4n) is 5.58. The molecule has 1 spiro atoms. The number of nitrogens with zero attached hydrogens (tertiary/aromatic N) is 4. The van der Waals surface area contributed by atoms with E-state index in [-0.39, 0.29) is 39.9 Å². The molecule has 1 aromatic carbocycles. The van der Waals surface area contributed by atoms with E-state index >= 15 is 4.39 Å². The molecule has 276 valence electrons. The second kappa shape index (κ2) is 14.2. The summed E-state index contributed by atoms with van der Waals surface area (Å²) in [6.45, 7) is 0.825. The van der Waals surface area contributed by atoms with Crippen molar-refractivity contribution in [2.45, 2.75) is 82.6 Å². The average Bonchev–Trinajstić information content (AvgIpc) is 3.67. The van der Waals surface area contributed by atoms with Crippen LogP contribution >= 0.6 is 22.9 Å². The standard InChI is InChI=1S/C29H27ClF4N4O12S/c1-11(39)46-19-20(47-12(2)40)22(48-13(3)41)25(50-21(19)24(42)45-4)49-18-15(31)6-5-14(17(18)30)23-36-35-16(51-23)9-38-27(44)37(10-29(32,33)34)26(43)28(38)7-8-28/h5-6,19-22,25H,7-10H2,1-4H3/t19-,20-,21-,22+,25+/m0/s1. The van der Waals surface area contributed by atoms with Crippen molar-refractivity contribution < 1.29 is 74.8 Å². The number of esters is 4. The zero-order valence-electron chi connectivity index (χ0n) is 26.9. The molecule has 3 heterocycles. The summed E-state index contributed by atoms with van der Waals surface area (Å²) >= 11 is 7.39. The molecule has 1 aromatic heterocycles. The Morgan fingerprint density at radius 1 is 1.00 bits per heavy atom. The van der Waals surface area contributed by atoms with Crippen molar-refractivity contribution in [3.63, 3.8) is 0 Å². The largest absolute Gasteiger partial charge is 0.467 e. The summed E-state index contributed by atoms with van der Waals surface area (Å²) in [6.07, 6.45) is -13.5. The average molecular weight is 767 g/mol. The smallest absolute Gasteiger partial charge is 0.406 e. The molecule has 3 fully saturated rings. The molecule has 2 saturated heterocycles. The first-order chi connectivity index (χ1) is 23.9. The number of carbonyl (C=O) groups excluding carboxylic acids is 6. The predicted molar refractivity (Wildman–Crippen MR) is 159 cm³/mol. The van der Waals surface area contributed by atoms with Crippen molar-refractivity contribution in [3.05, 3.63) is 28.0 Å². The lowest BCUT2D eigenvalue weighted by Crippen LogP contribution is -2.64. The summed E-state index contributed by atoms with van der Waals surface area (Å²) in [4.78, 5) is 75.6. The van der Waals surface area contributed by atoms with Gasteiger partial charge in [0, 0.05) is 26.3 Å². The number of hydrogen-bond acceptors (Lipinski definition) is 15. The minimum Gasteiger partial charge on any atom is -0.467 e. The lowest BCUT2D eigenvalue weighted by atomic mass is 9.97. The molecule has 3 aliphatic rings. The fraction of sp³-hybridized carbons (Fsp3) is 0.517. The third kappa shape index (κ3) is 7.69. The zero-order valence-corrected chi connectivity index (χ0v) is 28.4. The molecular formula is C29H27ClF4N4O12S. The van der Waals surface area contributed by atoms with E-state index < -0.39 is 101 Å². The molecule has 2 aliphatic heterocycles. The number of aromatic nitrogens is 2. The Hall–Kier alpha value is -4.63. The number of ether oxygens (including phenoxy) is 6. The first-order valence-electron chi connectivity index (χ1n) is 14.8. The van der Waals surface area contributed by atoms with Crippen molar-refractivity contribution in [2.24, 2.45) is 0 Å². The Kier molecular flexibility index (Phi) is 10.5. The van der Waals surface area contributed by atoms with Gasteiger partial charge in [0.2, 0.25) is 12.4 Å². The summed E-state index contributed by atoms with van der Waals surface area (Å²) in [6, 6.07) is 0.958. The molecule has 16 nitrogen and oxygen atoms in total. The molecule has 2 aromatic rings. The van der Waals surface area contributed by atoms with Crippen LogP contribution in [0.25, 0.3) is 10.6 Å². The maximum absolute atomic E-state index is 15.4. The molecule has 5 rings (SSSR count). The van der Waals surface area contributed by atoms with Crippen LogP contribution in [0.2, 0.25) is 5.02 Å². The molecule has 22 heteroatoms. The van der Waals surface area contributed by atoms with Gasteiger partial charge in [-0.25, -0.2) is 14.0 Å². The van der Waals surface area contributed by atoms with Gasteiger partial charge in [-0.15, -0.1) is 10.2 Å². The second-order valence-electron chi connectivity index (χ2n) is 11.4. The van der Waals surface area contributed by atoms with Crippen LogP contribution in [-0.4, -0.2) is 112 Å². The summed E-state index contributed by atoms with van der Waals surface area (Å²) < 4.78 is 86.5. The van der Waals surface area contributed by atoms with Gasteiger partial charge in [0.1, 0.15) is 22.1 Å². The van der Waals surface area contributed by atoms with Crippen LogP contribution in [0.15, 0.2) is 12.1 Å². The first-order valence-corrected chi connectivity index (χ1v) is 16.0. The van der Waals surface area contributed by atoms with Crippen molar-refractivity contribution in [1.82, 2.24) is 20.0 Å². The Balaban J connectivity index is 1.45. The molecule has 0 bridgehead atoms. The van der Waals surface area contributed by atoms with Crippen LogP contribution in [0.4, 0.5) is 22.4 Å². The highest BCUT2D eigenvalue weighted by Gasteiger charge is 2.66. The number of rotatable bonds is 10. The van der Waals surface area contributed by atoms with Gasteiger partial charge < -0.3 is 33.3 Å². The molecule has 5 atom stereocenters. The van der Waals surface area contributed by atoms with Crippen LogP contribution in [0.1, 0.15) is 38.6 Å². The van der Waals surface area contributed by atoms with Gasteiger partial charge in [-0.2, -0.15) is 13.2 Å². The van der Waals surface area contributed by atoms with Gasteiger partial charge >= 0.3 is 36.1 Å². The van der Waals surface area contributed by atoms with Crippen LogP contribution in [0.5, 0.6) is 5.75 Å². The van der Waals surface area contributed by atoms with Gasteiger partial charge in [-0.1, -0.05) is 22.9 Å². The lowest BCUT2D eigenvalue weighted by molar-refractivity contribution is -0.282. The van der Waals surface area contributed by atoms with Crippen LogP contribution in [-0.2, 0) is 54.2 Å². The molecule has 0 unspecified atom stereocenters. The van der Waals surface area contributed by atoms with Gasteiger partial charge in [-0.3, -0.25) is 24.1 Å². The van der Waals surface area contributed by atoms with Crippen LogP contribution in [0, 0.1) is 5.82 Å². The lowest BCUT2D eigenvalue weighted by Gasteiger charge is -2.43. The Morgan fingerprint density at radius 3 is 2.18 bits per heavy atom. The maximum atomic E-state index is 15.4. The molecule has 1 saturated carbocycles. The monoisotopic (exact) mass is 766 g/mol. The maximum Gasteiger partial charge on any atom is 0.406 e. The van der Waals surface area contributed by atoms with Crippen molar-refractivity contribution in [2.75, 3.05) is 13.7 Å². The molecule has 51 heavy (non-hydrogen) atoms. The van der Waals surface area contributed by atoms with E-state index in [9.17, 15) is 41.9 Å². The van der Waals surface area contributed by atoms with Crippen LogP contribution in [0.3, 0.4) is 0 Å². The van der Waals surface area contributed by atoms with Gasteiger partial charge in [0.15, 0.2) is 29.9 Å². The van der Waals surface area contributed by atoms with Gasteiger partial charge in [0.05, 0.1) is 18.7 Å². The fourth-order valence-corrected chi connectivity index (χ4v) is 6.78. The number of halogens is 5. The summed E-state index contributed by atoms with van der Waals surface area (Å²) in [5.41, 5.74) is -1.42. The van der Waals surface area contributed by atoms with E-state index in [4.69, 9.17) is 40.0 Å². The number of amides is 3. The summed E-state index contributed by atoms with van der Waals surface area (Å²) in [5.74, 6) is -6.80. The molecule has 0 N–H and O–H groups in total. The van der Waals surface area contributed by atoms with E-state index in [1.165, 1.54) is 6.07 Å². The van der Waals surface area contributed by atoms with Crippen molar-refractivity contribution in [3.8, 4) is 16.3 Å². The molecule has 0 radical (unpaired) electrons. The Bertz CT molecular complexity index is 1770. The first kappa shape index (κ1) is 37.6. The molecule has 1 aliphatic carbocycles. The normalized spacial score (nSPS) is 24.0. The quantitative estimate of drug-likeness (QED) is 0.149. The highest BCUT2D eigenvalue weighted by atomic mass is 35.5. The van der Waals surface area contributed by atoms with E-state index in [2.05, 4.69) is 10.2 Å². The third-order valence-corrected chi connectivity index (χ3v) is 9.11. The minimum absolute atomic E-state index is 0.000774. The Morgan fingerprint density at radius 2 is 1.61 bits per heavy atom. The number of urea groups is 1. The van der Waals surface area contributed by atoms with E-state index in [0.29, 0.717) is 0 Å². The van der Waals surface area contributed by atoms with E-state index in [0.717, 1.165) is 50.2 Å². The van der Waals surface area contributed by atoms with Gasteiger partial charge in [0.25, 0.3) is 5.91 Å². The van der Waals surface area contributed by atoms with E-state index in [1.807, 2.05) is 0 Å². The number of hydrogen-bond donors (Lipinski definition) is 0. The Labute approximate surface area is 293 Å². The SMILES string of the molecule is COC(=O)[C@H]1O[C@@H](Oc2c(F)ccc(-c3nnc(CN4C(=O)N(CC(F)(F)F)C(=O)C45CC5)s3)c2Cl)[C@H](OC(C)=O)[C@@H](OC(C)=O)[C@@H]1OC(C)=O. The highest BCUT2D eigenvalue weighted by molar-refractivity contribution is 7.14. The van der Waals surface area contributed by atoms with Crippen LogP contribution < -0.4 is 4.74 Å².